The van der Waals surface area contributed by atoms with E-state index in [1.165, 1.54) is 0 Å². The van der Waals surface area contributed by atoms with Crippen LogP contribution >= 0.6 is 0 Å². The molecule has 1 aromatic rings. The zero-order valence-corrected chi connectivity index (χ0v) is 10.0. The minimum absolute atomic E-state index is 0.248. The molecule has 1 aromatic carbocycles. The van der Waals surface area contributed by atoms with E-state index in [0.29, 0.717) is 17.9 Å². The highest BCUT2D eigenvalue weighted by molar-refractivity contribution is 5.72. The van der Waals surface area contributed by atoms with Crippen molar-refractivity contribution in [1.29, 1.82) is 0 Å². The van der Waals surface area contributed by atoms with Crippen molar-refractivity contribution in [2.45, 2.75) is 32.8 Å². The molecule has 0 saturated carbocycles. The molecule has 0 amide bonds. The van der Waals surface area contributed by atoms with Gasteiger partial charge in [-0.15, -0.1) is 0 Å². The van der Waals surface area contributed by atoms with Gasteiger partial charge in [0.15, 0.2) is 12.4 Å². The Morgan fingerprint density at radius 2 is 1.88 bits per heavy atom. The van der Waals surface area contributed by atoms with Gasteiger partial charge in [0, 0.05) is 6.42 Å². The van der Waals surface area contributed by atoms with E-state index in [0.717, 1.165) is 12.7 Å². The lowest BCUT2D eigenvalue weighted by atomic mass is 10.3. The molecule has 1 rings (SSSR count). The number of aldehydes is 1. The van der Waals surface area contributed by atoms with Gasteiger partial charge in [0.2, 0.25) is 0 Å². The molecule has 0 N–H and O–H groups in total. The van der Waals surface area contributed by atoms with Gasteiger partial charge in [0.25, 0.3) is 0 Å². The average Bonchev–Trinajstić information content (AvgIpc) is 2.32. The van der Waals surface area contributed by atoms with Crippen LogP contribution in [0, 0.1) is 0 Å². The zero-order valence-electron chi connectivity index (χ0n) is 10.0. The number of rotatable bonds is 6. The highest BCUT2D eigenvalue weighted by atomic mass is 16.5. The number of esters is 1. The summed E-state index contributed by atoms with van der Waals surface area (Å²) < 4.78 is 10.3. The van der Waals surface area contributed by atoms with Crippen LogP contribution in [0.5, 0.6) is 11.5 Å². The first kappa shape index (κ1) is 13.2. The summed E-state index contributed by atoms with van der Waals surface area (Å²) >= 11 is 0. The van der Waals surface area contributed by atoms with E-state index in [4.69, 9.17) is 9.47 Å². The summed E-state index contributed by atoms with van der Waals surface area (Å²) in [6, 6.07) is 6.60. The molecule has 0 fully saturated rings. The SMILES string of the molecule is CCCC(=O)Oc1ccc(OC(C)C=O)cc1. The maximum absolute atomic E-state index is 11.2. The Morgan fingerprint density at radius 1 is 1.29 bits per heavy atom. The van der Waals surface area contributed by atoms with Crippen LogP contribution in [0.2, 0.25) is 0 Å². The third-order valence-corrected chi connectivity index (χ3v) is 2.02. The minimum atomic E-state index is -0.483. The molecule has 0 radical (unpaired) electrons. The average molecular weight is 236 g/mol. The van der Waals surface area contributed by atoms with Crippen molar-refractivity contribution >= 4 is 12.3 Å². The van der Waals surface area contributed by atoms with Crippen LogP contribution < -0.4 is 9.47 Å². The second kappa shape index (κ2) is 6.68. The monoisotopic (exact) mass is 236 g/mol. The van der Waals surface area contributed by atoms with E-state index in [-0.39, 0.29) is 5.97 Å². The van der Waals surface area contributed by atoms with Gasteiger partial charge in [-0.25, -0.2) is 0 Å². The molecular weight excluding hydrogens is 220 g/mol. The quantitative estimate of drug-likeness (QED) is 0.432. The molecule has 17 heavy (non-hydrogen) atoms. The van der Waals surface area contributed by atoms with Crippen molar-refractivity contribution in [2.24, 2.45) is 0 Å². The normalized spacial score (nSPS) is 11.6. The topological polar surface area (TPSA) is 52.6 Å². The highest BCUT2D eigenvalue weighted by Gasteiger charge is 2.05. The fraction of sp³-hybridized carbons (Fsp3) is 0.385. The fourth-order valence-electron chi connectivity index (χ4n) is 1.22. The molecule has 0 heterocycles. The lowest BCUT2D eigenvalue weighted by Crippen LogP contribution is -2.12. The van der Waals surface area contributed by atoms with E-state index in [1.807, 2.05) is 6.92 Å². The van der Waals surface area contributed by atoms with Crippen LogP contribution in [-0.2, 0) is 9.59 Å². The van der Waals surface area contributed by atoms with Gasteiger partial charge in [-0.05, 0) is 37.6 Å². The van der Waals surface area contributed by atoms with Crippen molar-refractivity contribution in [1.82, 2.24) is 0 Å². The second-order valence-corrected chi connectivity index (χ2v) is 3.65. The smallest absolute Gasteiger partial charge is 0.311 e. The Morgan fingerprint density at radius 3 is 2.41 bits per heavy atom. The molecule has 92 valence electrons. The maximum Gasteiger partial charge on any atom is 0.311 e. The number of ether oxygens (including phenoxy) is 2. The first-order valence-corrected chi connectivity index (χ1v) is 5.58. The van der Waals surface area contributed by atoms with Gasteiger partial charge in [-0.3, -0.25) is 9.59 Å². The third-order valence-electron chi connectivity index (χ3n) is 2.02. The predicted octanol–water partition coefficient (Wildman–Crippen LogP) is 2.36. The molecule has 0 saturated heterocycles. The van der Waals surface area contributed by atoms with Crippen molar-refractivity contribution in [3.8, 4) is 11.5 Å². The largest absolute Gasteiger partial charge is 0.483 e. The molecule has 1 unspecified atom stereocenters. The standard InChI is InChI=1S/C13H16O4/c1-3-4-13(15)17-12-7-5-11(6-8-12)16-10(2)9-14/h5-10H,3-4H2,1-2H3. The van der Waals surface area contributed by atoms with Crippen LogP contribution in [0.25, 0.3) is 0 Å². The van der Waals surface area contributed by atoms with Crippen LogP contribution in [0.15, 0.2) is 24.3 Å². The van der Waals surface area contributed by atoms with E-state index in [2.05, 4.69) is 0 Å². The van der Waals surface area contributed by atoms with Gasteiger partial charge in [0.05, 0.1) is 0 Å². The second-order valence-electron chi connectivity index (χ2n) is 3.65. The molecule has 0 aliphatic heterocycles. The number of hydrogen-bond donors (Lipinski definition) is 0. The Hall–Kier alpha value is -1.84. The summed E-state index contributed by atoms with van der Waals surface area (Å²) in [5, 5.41) is 0. The summed E-state index contributed by atoms with van der Waals surface area (Å²) in [5.74, 6) is 0.803. The van der Waals surface area contributed by atoms with E-state index >= 15 is 0 Å². The highest BCUT2D eigenvalue weighted by Crippen LogP contribution is 2.18. The molecule has 0 aromatic heterocycles. The number of carbonyl (C=O) groups is 2. The molecule has 0 spiro atoms. The molecule has 0 bridgehead atoms. The Kier molecular flexibility index (Phi) is 5.20. The lowest BCUT2D eigenvalue weighted by molar-refractivity contribution is -0.134. The van der Waals surface area contributed by atoms with E-state index < -0.39 is 6.10 Å². The number of benzene rings is 1. The minimum Gasteiger partial charge on any atom is -0.483 e. The molecule has 0 aliphatic carbocycles. The van der Waals surface area contributed by atoms with Crippen molar-refractivity contribution < 1.29 is 19.1 Å². The van der Waals surface area contributed by atoms with Gasteiger partial charge >= 0.3 is 5.97 Å². The molecule has 0 aliphatic rings. The molecule has 4 heteroatoms. The summed E-state index contributed by atoms with van der Waals surface area (Å²) in [6.07, 6.45) is 1.40. The number of hydrogen-bond acceptors (Lipinski definition) is 4. The number of carbonyl (C=O) groups excluding carboxylic acids is 2. The molecule has 4 nitrogen and oxygen atoms in total. The van der Waals surface area contributed by atoms with Gasteiger partial charge in [0.1, 0.15) is 11.5 Å². The first-order chi connectivity index (χ1) is 8.15. The third kappa shape index (κ3) is 4.68. The van der Waals surface area contributed by atoms with Gasteiger partial charge in [-0.2, -0.15) is 0 Å². The van der Waals surface area contributed by atoms with Crippen LogP contribution in [0.4, 0.5) is 0 Å². The summed E-state index contributed by atoms with van der Waals surface area (Å²) in [5.41, 5.74) is 0. The van der Waals surface area contributed by atoms with Crippen molar-refractivity contribution in [3.05, 3.63) is 24.3 Å². The van der Waals surface area contributed by atoms with E-state index in [1.54, 1.807) is 31.2 Å². The lowest BCUT2D eigenvalue weighted by Gasteiger charge is -2.09. The maximum atomic E-state index is 11.2. The summed E-state index contributed by atoms with van der Waals surface area (Å²) in [4.78, 5) is 21.6. The summed E-state index contributed by atoms with van der Waals surface area (Å²) in [6.45, 7) is 3.57. The molecular formula is C13H16O4. The van der Waals surface area contributed by atoms with Crippen LogP contribution in [-0.4, -0.2) is 18.4 Å². The first-order valence-electron chi connectivity index (χ1n) is 5.58. The zero-order chi connectivity index (χ0) is 12.7. The Bertz CT molecular complexity index is 370. The Balaban J connectivity index is 2.55. The van der Waals surface area contributed by atoms with Crippen molar-refractivity contribution in [2.75, 3.05) is 0 Å². The summed E-state index contributed by atoms with van der Waals surface area (Å²) in [7, 11) is 0. The van der Waals surface area contributed by atoms with E-state index in [9.17, 15) is 9.59 Å². The van der Waals surface area contributed by atoms with Crippen molar-refractivity contribution in [3.63, 3.8) is 0 Å². The molecule has 1 atom stereocenters. The predicted molar refractivity (Wildman–Crippen MR) is 63.1 cm³/mol. The van der Waals surface area contributed by atoms with Gasteiger partial charge in [-0.1, -0.05) is 6.92 Å². The Labute approximate surface area is 101 Å². The van der Waals surface area contributed by atoms with Gasteiger partial charge < -0.3 is 9.47 Å². The fourth-order valence-corrected chi connectivity index (χ4v) is 1.22. The van der Waals surface area contributed by atoms with Crippen LogP contribution in [0.1, 0.15) is 26.7 Å². The van der Waals surface area contributed by atoms with Crippen LogP contribution in [0.3, 0.4) is 0 Å².